The van der Waals surface area contributed by atoms with Gasteiger partial charge in [0.05, 0.1) is 0 Å². The molecule has 0 spiro atoms. The Morgan fingerprint density at radius 2 is 2.00 bits per heavy atom. The number of aryl methyl sites for hydroxylation is 1. The van der Waals surface area contributed by atoms with Crippen molar-refractivity contribution in [1.29, 1.82) is 0 Å². The van der Waals surface area contributed by atoms with E-state index < -0.39 is 0 Å². The van der Waals surface area contributed by atoms with Gasteiger partial charge in [0, 0.05) is 42.6 Å². The molecular formula is C23H23N3O2S. The SMILES string of the molecule is Cc1ccc(Cc2cnc(NC(=O)c3cccc(CN4CCCC4=O)c3)s2)cc1. The Labute approximate surface area is 174 Å². The lowest BCUT2D eigenvalue weighted by molar-refractivity contribution is -0.128. The number of carbonyl (C=O) groups is 2. The van der Waals surface area contributed by atoms with Crippen molar-refractivity contribution in [1.82, 2.24) is 9.88 Å². The highest BCUT2D eigenvalue weighted by Gasteiger charge is 2.20. The van der Waals surface area contributed by atoms with E-state index in [-0.39, 0.29) is 11.8 Å². The summed E-state index contributed by atoms with van der Waals surface area (Å²) in [5.41, 5.74) is 4.00. The minimum atomic E-state index is -0.184. The molecule has 2 heterocycles. The Bertz CT molecular complexity index is 1030. The molecule has 0 radical (unpaired) electrons. The number of hydrogen-bond donors (Lipinski definition) is 1. The van der Waals surface area contributed by atoms with Crippen molar-refractivity contribution in [2.45, 2.75) is 32.7 Å². The number of hydrogen-bond acceptors (Lipinski definition) is 4. The molecule has 6 heteroatoms. The molecule has 2 aromatic carbocycles. The predicted molar refractivity (Wildman–Crippen MR) is 115 cm³/mol. The molecule has 1 saturated heterocycles. The van der Waals surface area contributed by atoms with E-state index in [4.69, 9.17) is 0 Å². The monoisotopic (exact) mass is 405 g/mol. The van der Waals surface area contributed by atoms with Crippen molar-refractivity contribution < 1.29 is 9.59 Å². The first-order valence-corrected chi connectivity index (χ1v) is 10.6. The molecule has 148 valence electrons. The summed E-state index contributed by atoms with van der Waals surface area (Å²) >= 11 is 1.49. The van der Waals surface area contributed by atoms with Gasteiger partial charge in [-0.25, -0.2) is 4.98 Å². The van der Waals surface area contributed by atoms with Crippen molar-refractivity contribution in [3.8, 4) is 0 Å². The van der Waals surface area contributed by atoms with Gasteiger partial charge in [-0.1, -0.05) is 42.0 Å². The summed E-state index contributed by atoms with van der Waals surface area (Å²) in [5, 5.41) is 3.49. The zero-order valence-corrected chi connectivity index (χ0v) is 17.2. The highest BCUT2D eigenvalue weighted by molar-refractivity contribution is 7.15. The van der Waals surface area contributed by atoms with E-state index in [9.17, 15) is 9.59 Å². The highest BCUT2D eigenvalue weighted by atomic mass is 32.1. The fourth-order valence-electron chi connectivity index (χ4n) is 3.43. The normalized spacial score (nSPS) is 13.7. The lowest BCUT2D eigenvalue weighted by Gasteiger charge is -2.15. The Balaban J connectivity index is 1.39. The lowest BCUT2D eigenvalue weighted by atomic mass is 10.1. The van der Waals surface area contributed by atoms with Crippen LogP contribution in [0.4, 0.5) is 5.13 Å². The summed E-state index contributed by atoms with van der Waals surface area (Å²) in [7, 11) is 0. The van der Waals surface area contributed by atoms with Gasteiger partial charge in [-0.15, -0.1) is 11.3 Å². The van der Waals surface area contributed by atoms with Crippen LogP contribution in [0.5, 0.6) is 0 Å². The second-order valence-electron chi connectivity index (χ2n) is 7.37. The average molecular weight is 406 g/mol. The quantitative estimate of drug-likeness (QED) is 0.660. The van der Waals surface area contributed by atoms with Crippen LogP contribution in [0, 0.1) is 6.92 Å². The van der Waals surface area contributed by atoms with Gasteiger partial charge >= 0.3 is 0 Å². The van der Waals surface area contributed by atoms with E-state index in [1.54, 1.807) is 6.07 Å². The maximum atomic E-state index is 12.6. The van der Waals surface area contributed by atoms with E-state index in [0.717, 1.165) is 29.8 Å². The molecule has 0 atom stereocenters. The summed E-state index contributed by atoms with van der Waals surface area (Å²) in [6.45, 7) is 3.41. The van der Waals surface area contributed by atoms with Gasteiger partial charge in [0.15, 0.2) is 5.13 Å². The summed E-state index contributed by atoms with van der Waals surface area (Å²) in [6, 6.07) is 15.9. The van der Waals surface area contributed by atoms with E-state index in [1.807, 2.05) is 29.3 Å². The predicted octanol–water partition coefficient (Wildman–Crippen LogP) is 4.42. The third-order valence-electron chi connectivity index (χ3n) is 5.01. The van der Waals surface area contributed by atoms with Crippen LogP contribution in [0.1, 0.15) is 44.8 Å². The fraction of sp³-hybridized carbons (Fsp3) is 0.261. The van der Waals surface area contributed by atoms with Crippen LogP contribution < -0.4 is 5.32 Å². The number of nitrogens with one attached hydrogen (secondary N) is 1. The maximum absolute atomic E-state index is 12.6. The molecule has 1 aromatic heterocycles. The molecular weight excluding hydrogens is 382 g/mol. The molecule has 0 bridgehead atoms. The molecule has 5 nitrogen and oxygen atoms in total. The van der Waals surface area contributed by atoms with Gasteiger partial charge in [0.1, 0.15) is 0 Å². The van der Waals surface area contributed by atoms with Crippen LogP contribution in [0.3, 0.4) is 0 Å². The molecule has 0 unspecified atom stereocenters. The first-order chi connectivity index (χ1) is 14.1. The molecule has 1 aliphatic rings. The van der Waals surface area contributed by atoms with Gasteiger partial charge in [-0.05, 0) is 36.6 Å². The first-order valence-electron chi connectivity index (χ1n) is 9.75. The highest BCUT2D eigenvalue weighted by Crippen LogP contribution is 2.22. The van der Waals surface area contributed by atoms with Crippen LogP contribution in [0.15, 0.2) is 54.7 Å². The number of amides is 2. The summed E-state index contributed by atoms with van der Waals surface area (Å²) in [4.78, 5) is 31.8. The van der Waals surface area contributed by atoms with Gasteiger partial charge in [-0.2, -0.15) is 0 Å². The Morgan fingerprint density at radius 3 is 2.76 bits per heavy atom. The lowest BCUT2D eigenvalue weighted by Crippen LogP contribution is -2.24. The van der Waals surface area contributed by atoms with Crippen LogP contribution in [-0.4, -0.2) is 28.2 Å². The second-order valence-corrected chi connectivity index (χ2v) is 8.48. The molecule has 1 aliphatic heterocycles. The van der Waals surface area contributed by atoms with Gasteiger partial charge < -0.3 is 4.90 Å². The van der Waals surface area contributed by atoms with Crippen molar-refractivity contribution in [2.75, 3.05) is 11.9 Å². The fourth-order valence-corrected chi connectivity index (χ4v) is 4.27. The van der Waals surface area contributed by atoms with Crippen LogP contribution in [-0.2, 0) is 17.8 Å². The molecule has 29 heavy (non-hydrogen) atoms. The molecule has 2 amide bonds. The standard InChI is InChI=1S/C23H23N3O2S/c1-16-7-9-17(10-8-16)13-20-14-24-23(29-20)25-22(28)19-5-2-4-18(12-19)15-26-11-3-6-21(26)27/h2,4-5,7-10,12,14H,3,6,11,13,15H2,1H3,(H,24,25,28). The van der Waals surface area contributed by atoms with E-state index in [0.29, 0.717) is 23.7 Å². The molecule has 0 aliphatic carbocycles. The molecule has 4 rings (SSSR count). The minimum Gasteiger partial charge on any atom is -0.338 e. The summed E-state index contributed by atoms with van der Waals surface area (Å²) in [6.07, 6.45) is 4.14. The second kappa shape index (κ2) is 8.57. The Morgan fingerprint density at radius 1 is 1.17 bits per heavy atom. The maximum Gasteiger partial charge on any atom is 0.257 e. The number of aromatic nitrogens is 1. The van der Waals surface area contributed by atoms with Crippen molar-refractivity contribution in [2.24, 2.45) is 0 Å². The van der Waals surface area contributed by atoms with Gasteiger partial charge in [-0.3, -0.25) is 14.9 Å². The Kier molecular flexibility index (Phi) is 5.71. The largest absolute Gasteiger partial charge is 0.338 e. The third-order valence-corrected chi connectivity index (χ3v) is 5.92. The van der Waals surface area contributed by atoms with E-state index in [1.165, 1.54) is 22.5 Å². The van der Waals surface area contributed by atoms with Crippen molar-refractivity contribution in [3.63, 3.8) is 0 Å². The van der Waals surface area contributed by atoms with Crippen LogP contribution >= 0.6 is 11.3 Å². The number of anilines is 1. The van der Waals surface area contributed by atoms with Crippen molar-refractivity contribution >= 4 is 28.3 Å². The number of rotatable bonds is 6. The zero-order chi connectivity index (χ0) is 20.2. The van der Waals surface area contributed by atoms with Crippen molar-refractivity contribution in [3.05, 3.63) is 81.9 Å². The first kappa shape index (κ1) is 19.3. The van der Waals surface area contributed by atoms with E-state index in [2.05, 4.69) is 41.5 Å². The van der Waals surface area contributed by atoms with Crippen LogP contribution in [0.2, 0.25) is 0 Å². The van der Waals surface area contributed by atoms with Crippen LogP contribution in [0.25, 0.3) is 0 Å². The zero-order valence-electron chi connectivity index (χ0n) is 16.4. The molecule has 1 fully saturated rings. The van der Waals surface area contributed by atoms with Gasteiger partial charge in [0.2, 0.25) is 5.91 Å². The molecule has 3 aromatic rings. The van der Waals surface area contributed by atoms with E-state index >= 15 is 0 Å². The summed E-state index contributed by atoms with van der Waals surface area (Å²) < 4.78 is 0. The molecule has 0 saturated carbocycles. The number of nitrogens with zero attached hydrogens (tertiary/aromatic N) is 2. The summed E-state index contributed by atoms with van der Waals surface area (Å²) in [5.74, 6) is -0.000388. The molecule has 1 N–H and O–H groups in total. The number of carbonyl (C=O) groups excluding carboxylic acids is 2. The van der Waals surface area contributed by atoms with Gasteiger partial charge in [0.25, 0.3) is 5.91 Å². The Hall–Kier alpha value is -2.99. The average Bonchev–Trinajstić information content (AvgIpc) is 3.33. The number of benzene rings is 2. The number of thiazole rings is 1. The topological polar surface area (TPSA) is 62.3 Å². The smallest absolute Gasteiger partial charge is 0.257 e. The minimum absolute atomic E-state index is 0.184. The third kappa shape index (κ3) is 4.90. The number of likely N-dealkylation sites (tertiary alicyclic amines) is 1.